The number of nitrogens with zero attached hydrogens (tertiary/aromatic N) is 7. The standard InChI is InChI=1S/C34H42N8O/c1-24-7-6-10-28(17-24)41-15-13-34(14-16-41)22-40(23-34)21-25-11-12-30(35-19-25)37-33-36-20-26-18-29(32(43)39(2)3)42(31(26)38-33)27-8-4-5-9-27/h6-7,10-12,17-20,27H,4-5,8-9,13-16,21-23H2,1-3H3,(H,35,36,37,38). The van der Waals surface area contributed by atoms with Gasteiger partial charge in [0.15, 0.2) is 0 Å². The molecule has 9 nitrogen and oxygen atoms in total. The lowest BCUT2D eigenvalue weighted by Crippen LogP contribution is -2.59. The average molecular weight is 579 g/mol. The van der Waals surface area contributed by atoms with Crippen LogP contribution in [0.3, 0.4) is 0 Å². The minimum atomic E-state index is -0.00231. The van der Waals surface area contributed by atoms with Crippen LogP contribution in [0.1, 0.15) is 66.2 Å². The van der Waals surface area contributed by atoms with Gasteiger partial charge < -0.3 is 19.7 Å². The maximum atomic E-state index is 13.0. The maximum absolute atomic E-state index is 13.0. The van der Waals surface area contributed by atoms with Crippen molar-refractivity contribution in [2.24, 2.45) is 5.41 Å². The van der Waals surface area contributed by atoms with Gasteiger partial charge in [-0.3, -0.25) is 9.69 Å². The number of hydrogen-bond acceptors (Lipinski definition) is 7. The van der Waals surface area contributed by atoms with Crippen molar-refractivity contribution < 1.29 is 4.79 Å². The van der Waals surface area contributed by atoms with E-state index >= 15 is 0 Å². The van der Waals surface area contributed by atoms with E-state index in [9.17, 15) is 4.79 Å². The third kappa shape index (κ3) is 5.58. The molecular formula is C34H42N8O. The quantitative estimate of drug-likeness (QED) is 0.297. The van der Waals surface area contributed by atoms with Crippen molar-refractivity contribution in [2.75, 3.05) is 50.5 Å². The second-order valence-electron chi connectivity index (χ2n) is 13.2. The first-order valence-electron chi connectivity index (χ1n) is 15.7. The highest BCUT2D eigenvalue weighted by atomic mass is 16.2. The van der Waals surface area contributed by atoms with E-state index in [1.807, 2.05) is 24.5 Å². The summed E-state index contributed by atoms with van der Waals surface area (Å²) in [6, 6.07) is 15.3. The van der Waals surface area contributed by atoms with Crippen LogP contribution in [-0.2, 0) is 6.54 Å². The monoisotopic (exact) mass is 578 g/mol. The van der Waals surface area contributed by atoms with Crippen molar-refractivity contribution in [3.05, 3.63) is 71.7 Å². The first-order chi connectivity index (χ1) is 20.9. The van der Waals surface area contributed by atoms with Crippen LogP contribution in [0.15, 0.2) is 54.9 Å². The van der Waals surface area contributed by atoms with E-state index in [1.54, 1.807) is 19.0 Å². The lowest BCUT2D eigenvalue weighted by atomic mass is 9.72. The molecule has 1 saturated carbocycles. The Balaban J connectivity index is 0.974. The summed E-state index contributed by atoms with van der Waals surface area (Å²) in [6.07, 6.45) is 10.8. The summed E-state index contributed by atoms with van der Waals surface area (Å²) in [7, 11) is 3.59. The normalized spacial score (nSPS) is 18.7. The first-order valence-corrected chi connectivity index (χ1v) is 15.7. The highest BCUT2D eigenvalue weighted by molar-refractivity contribution is 5.97. The molecule has 43 heavy (non-hydrogen) atoms. The van der Waals surface area contributed by atoms with Crippen LogP contribution in [0, 0.1) is 12.3 Å². The van der Waals surface area contributed by atoms with Gasteiger partial charge in [0.1, 0.15) is 17.2 Å². The van der Waals surface area contributed by atoms with Gasteiger partial charge in [-0.25, -0.2) is 9.97 Å². The zero-order valence-corrected chi connectivity index (χ0v) is 25.6. The molecule has 1 aliphatic carbocycles. The Morgan fingerprint density at radius 3 is 2.51 bits per heavy atom. The number of piperidine rings is 1. The lowest BCUT2D eigenvalue weighted by molar-refractivity contribution is -0.0240. The second kappa shape index (κ2) is 11.3. The Bertz CT molecular complexity index is 1610. The molecule has 2 saturated heterocycles. The summed E-state index contributed by atoms with van der Waals surface area (Å²) >= 11 is 0. The third-order valence-corrected chi connectivity index (χ3v) is 9.67. The van der Waals surface area contributed by atoms with Gasteiger partial charge in [-0.2, -0.15) is 4.98 Å². The van der Waals surface area contributed by atoms with Crippen LogP contribution in [0.25, 0.3) is 11.0 Å². The molecule has 224 valence electrons. The molecule has 3 aliphatic rings. The molecule has 0 bridgehead atoms. The number of nitrogens with one attached hydrogen (secondary N) is 1. The minimum Gasteiger partial charge on any atom is -0.371 e. The highest BCUT2D eigenvalue weighted by Gasteiger charge is 2.44. The fourth-order valence-corrected chi connectivity index (χ4v) is 7.35. The summed E-state index contributed by atoms with van der Waals surface area (Å²) in [5.74, 6) is 1.21. The number of carbonyl (C=O) groups excluding carboxylic acids is 1. The molecule has 5 heterocycles. The van der Waals surface area contributed by atoms with E-state index in [2.05, 4.69) is 66.9 Å². The van der Waals surface area contributed by atoms with Crippen LogP contribution in [0.4, 0.5) is 17.5 Å². The molecule has 1 amide bonds. The number of rotatable bonds is 7. The summed E-state index contributed by atoms with van der Waals surface area (Å²) in [4.78, 5) is 33.8. The fourth-order valence-electron chi connectivity index (χ4n) is 7.35. The number of aromatic nitrogens is 4. The predicted molar refractivity (Wildman–Crippen MR) is 171 cm³/mol. The Labute approximate surface area is 253 Å². The molecule has 2 aliphatic heterocycles. The highest BCUT2D eigenvalue weighted by Crippen LogP contribution is 2.42. The topological polar surface area (TPSA) is 82.4 Å². The zero-order chi connectivity index (χ0) is 29.6. The summed E-state index contributed by atoms with van der Waals surface area (Å²) in [6.45, 7) is 7.72. The molecule has 1 aromatic carbocycles. The van der Waals surface area contributed by atoms with Crippen molar-refractivity contribution in [2.45, 2.75) is 58.0 Å². The van der Waals surface area contributed by atoms with Crippen LogP contribution in [0.2, 0.25) is 0 Å². The number of aryl methyl sites for hydroxylation is 1. The van der Waals surface area contributed by atoms with Crippen molar-refractivity contribution in [1.82, 2.24) is 29.3 Å². The number of amides is 1. The molecule has 0 unspecified atom stereocenters. The van der Waals surface area contributed by atoms with Crippen molar-refractivity contribution in [1.29, 1.82) is 0 Å². The van der Waals surface area contributed by atoms with Crippen LogP contribution >= 0.6 is 0 Å². The number of hydrogen-bond donors (Lipinski definition) is 1. The summed E-state index contributed by atoms with van der Waals surface area (Å²) in [5, 5.41) is 4.18. The number of anilines is 3. The average Bonchev–Trinajstić information content (AvgIpc) is 3.65. The zero-order valence-electron chi connectivity index (χ0n) is 25.6. The van der Waals surface area contributed by atoms with E-state index in [-0.39, 0.29) is 11.9 Å². The Morgan fingerprint density at radius 2 is 1.81 bits per heavy atom. The summed E-state index contributed by atoms with van der Waals surface area (Å²) in [5.41, 5.74) is 5.88. The van der Waals surface area contributed by atoms with Crippen molar-refractivity contribution in [3.63, 3.8) is 0 Å². The lowest BCUT2D eigenvalue weighted by Gasteiger charge is -2.54. The van der Waals surface area contributed by atoms with Crippen LogP contribution in [0.5, 0.6) is 0 Å². The van der Waals surface area contributed by atoms with E-state index in [0.717, 1.165) is 49.3 Å². The van der Waals surface area contributed by atoms with Crippen molar-refractivity contribution >= 4 is 34.4 Å². The van der Waals surface area contributed by atoms with Gasteiger partial charge in [0.05, 0.1) is 0 Å². The Kier molecular flexibility index (Phi) is 7.29. The fraction of sp³-hybridized carbons (Fsp3) is 0.471. The number of benzene rings is 1. The van der Waals surface area contributed by atoms with E-state index in [4.69, 9.17) is 4.98 Å². The number of likely N-dealkylation sites (tertiary alicyclic amines) is 1. The third-order valence-electron chi connectivity index (χ3n) is 9.67. The molecule has 9 heteroatoms. The largest absolute Gasteiger partial charge is 0.371 e. The molecule has 4 aromatic rings. The van der Waals surface area contributed by atoms with Gasteiger partial charge in [0, 0.05) is 76.3 Å². The summed E-state index contributed by atoms with van der Waals surface area (Å²) < 4.78 is 2.14. The number of pyridine rings is 1. The van der Waals surface area contributed by atoms with Gasteiger partial charge in [0.2, 0.25) is 5.95 Å². The van der Waals surface area contributed by atoms with Crippen LogP contribution in [-0.4, -0.2) is 75.5 Å². The smallest absolute Gasteiger partial charge is 0.270 e. The second-order valence-corrected chi connectivity index (χ2v) is 13.2. The Morgan fingerprint density at radius 1 is 1.02 bits per heavy atom. The molecule has 3 fully saturated rings. The molecular weight excluding hydrogens is 536 g/mol. The van der Waals surface area contributed by atoms with E-state index in [0.29, 0.717) is 17.1 Å². The molecule has 0 radical (unpaired) electrons. The van der Waals surface area contributed by atoms with Gasteiger partial charge >= 0.3 is 0 Å². The first kappa shape index (κ1) is 27.8. The van der Waals surface area contributed by atoms with Crippen LogP contribution < -0.4 is 10.2 Å². The molecule has 0 atom stereocenters. The molecule has 1 spiro atoms. The SMILES string of the molecule is Cc1cccc(N2CCC3(CC2)CN(Cc2ccc(Nc4ncc5cc(C(=O)N(C)C)n(C6CCCC6)c5n4)nc2)C3)c1. The van der Waals surface area contributed by atoms with Gasteiger partial charge in [0.25, 0.3) is 5.91 Å². The number of carbonyl (C=O) groups is 1. The van der Waals surface area contributed by atoms with E-state index < -0.39 is 0 Å². The van der Waals surface area contributed by atoms with Gasteiger partial charge in [-0.15, -0.1) is 0 Å². The Hall–Kier alpha value is -3.98. The van der Waals surface area contributed by atoms with E-state index in [1.165, 1.54) is 55.6 Å². The van der Waals surface area contributed by atoms with Crippen molar-refractivity contribution in [3.8, 4) is 0 Å². The maximum Gasteiger partial charge on any atom is 0.270 e. The van der Waals surface area contributed by atoms with Gasteiger partial charge in [-0.1, -0.05) is 31.0 Å². The predicted octanol–water partition coefficient (Wildman–Crippen LogP) is 5.80. The van der Waals surface area contributed by atoms with Gasteiger partial charge in [-0.05, 0) is 73.4 Å². The minimum absolute atomic E-state index is 0.00231. The number of fused-ring (bicyclic) bond motifs is 1. The molecule has 7 rings (SSSR count). The molecule has 1 N–H and O–H groups in total. The molecule has 3 aromatic heterocycles.